The molecule has 2 fully saturated rings. The number of hydrazine groups is 1. The lowest BCUT2D eigenvalue weighted by Crippen LogP contribution is -2.63. The van der Waals surface area contributed by atoms with Gasteiger partial charge in [0.25, 0.3) is 17.7 Å². The summed E-state index contributed by atoms with van der Waals surface area (Å²) in [6.45, 7) is 5.80. The molecule has 3 rings (SSSR count). The molecule has 1 saturated carbocycles. The molecule has 2 atom stereocenters. The van der Waals surface area contributed by atoms with Crippen LogP contribution in [0.15, 0.2) is 24.3 Å². The van der Waals surface area contributed by atoms with Crippen molar-refractivity contribution in [1.82, 2.24) is 10.4 Å². The number of ether oxygens (including phenoxy) is 1. The molecule has 128 valence electrons. The highest BCUT2D eigenvalue weighted by atomic mass is 16.5. The summed E-state index contributed by atoms with van der Waals surface area (Å²) >= 11 is 0. The van der Waals surface area contributed by atoms with Gasteiger partial charge in [0.2, 0.25) is 0 Å². The molecule has 6 heteroatoms. The third kappa shape index (κ3) is 2.12. The van der Waals surface area contributed by atoms with Gasteiger partial charge < -0.3 is 4.74 Å². The standard InChI is InChI=1S/C18H22N2O4/c1-17(2)13-8-9-18(17,3)16(23)20(15(13)22)19-14(21)11-6-5-7-12(10-11)24-4/h5-7,10,13H,8-9H2,1-4H3,(H,19,21)/t13-,18+/m0/s1. The predicted octanol–water partition coefficient (Wildman–Crippen LogP) is 2.15. The Morgan fingerprint density at radius 2 is 2.00 bits per heavy atom. The number of benzene rings is 1. The van der Waals surface area contributed by atoms with E-state index in [1.54, 1.807) is 24.3 Å². The maximum Gasteiger partial charge on any atom is 0.270 e. The van der Waals surface area contributed by atoms with E-state index in [4.69, 9.17) is 4.74 Å². The summed E-state index contributed by atoms with van der Waals surface area (Å²) in [5, 5.41) is 0.921. The molecule has 0 spiro atoms. The van der Waals surface area contributed by atoms with Gasteiger partial charge >= 0.3 is 0 Å². The largest absolute Gasteiger partial charge is 0.497 e. The number of carbonyl (C=O) groups excluding carboxylic acids is 3. The van der Waals surface area contributed by atoms with Crippen LogP contribution < -0.4 is 10.2 Å². The van der Waals surface area contributed by atoms with Gasteiger partial charge in [0, 0.05) is 11.5 Å². The monoisotopic (exact) mass is 330 g/mol. The Bertz CT molecular complexity index is 727. The number of carbonyl (C=O) groups is 3. The smallest absolute Gasteiger partial charge is 0.270 e. The second-order valence-corrected chi connectivity index (χ2v) is 7.30. The zero-order valence-electron chi connectivity index (χ0n) is 14.4. The number of hydrogen-bond donors (Lipinski definition) is 1. The van der Waals surface area contributed by atoms with Gasteiger partial charge in [0.1, 0.15) is 5.75 Å². The minimum atomic E-state index is -0.646. The highest BCUT2D eigenvalue weighted by molar-refractivity contribution is 6.06. The van der Waals surface area contributed by atoms with Crippen LogP contribution in [-0.2, 0) is 9.59 Å². The van der Waals surface area contributed by atoms with Gasteiger partial charge in [-0.2, -0.15) is 5.01 Å². The first-order valence-corrected chi connectivity index (χ1v) is 8.06. The number of hydrogen-bond acceptors (Lipinski definition) is 4. The molecular weight excluding hydrogens is 308 g/mol. The first-order valence-electron chi connectivity index (χ1n) is 8.06. The second kappa shape index (κ2) is 5.33. The fourth-order valence-corrected chi connectivity index (χ4v) is 3.85. The van der Waals surface area contributed by atoms with Crippen molar-refractivity contribution in [1.29, 1.82) is 0 Å². The van der Waals surface area contributed by atoms with Crippen LogP contribution in [0.4, 0.5) is 0 Å². The van der Waals surface area contributed by atoms with E-state index in [2.05, 4.69) is 5.43 Å². The summed E-state index contributed by atoms with van der Waals surface area (Å²) in [6, 6.07) is 6.57. The molecule has 1 aromatic carbocycles. The summed E-state index contributed by atoms with van der Waals surface area (Å²) in [5.41, 5.74) is 1.77. The fraction of sp³-hybridized carbons (Fsp3) is 0.500. The number of piperidine rings is 1. The maximum atomic E-state index is 12.9. The van der Waals surface area contributed by atoms with Crippen LogP contribution in [0.1, 0.15) is 44.0 Å². The lowest BCUT2D eigenvalue weighted by atomic mass is 9.63. The van der Waals surface area contributed by atoms with E-state index in [1.165, 1.54) is 7.11 Å². The van der Waals surface area contributed by atoms with E-state index < -0.39 is 16.7 Å². The van der Waals surface area contributed by atoms with Gasteiger partial charge in [0.15, 0.2) is 0 Å². The van der Waals surface area contributed by atoms with Crippen LogP contribution in [0.5, 0.6) is 5.75 Å². The Morgan fingerprint density at radius 1 is 1.29 bits per heavy atom. The summed E-state index contributed by atoms with van der Waals surface area (Å²) in [6.07, 6.45) is 1.32. The van der Waals surface area contributed by atoms with E-state index in [-0.39, 0.29) is 17.7 Å². The van der Waals surface area contributed by atoms with E-state index in [9.17, 15) is 14.4 Å². The third-order valence-electron chi connectivity index (χ3n) is 5.97. The quantitative estimate of drug-likeness (QED) is 0.862. The van der Waals surface area contributed by atoms with Crippen LogP contribution in [0.2, 0.25) is 0 Å². The zero-order valence-corrected chi connectivity index (χ0v) is 14.4. The van der Waals surface area contributed by atoms with Crippen molar-refractivity contribution in [3.8, 4) is 5.75 Å². The summed E-state index contributed by atoms with van der Waals surface area (Å²) in [5.74, 6) is -0.880. The van der Waals surface area contributed by atoms with E-state index in [0.717, 1.165) is 5.01 Å². The average molecular weight is 330 g/mol. The number of amides is 3. The molecule has 0 unspecified atom stereocenters. The minimum absolute atomic E-state index is 0.259. The lowest BCUT2D eigenvalue weighted by molar-refractivity contribution is -0.171. The summed E-state index contributed by atoms with van der Waals surface area (Å²) in [4.78, 5) is 38.1. The van der Waals surface area contributed by atoms with Crippen molar-refractivity contribution in [2.45, 2.75) is 33.6 Å². The van der Waals surface area contributed by atoms with Crippen LogP contribution >= 0.6 is 0 Å². The normalized spacial score (nSPS) is 28.0. The third-order valence-corrected chi connectivity index (χ3v) is 5.97. The molecule has 1 heterocycles. The Morgan fingerprint density at radius 3 is 2.67 bits per heavy atom. The van der Waals surface area contributed by atoms with Crippen molar-refractivity contribution < 1.29 is 19.1 Å². The number of fused-ring (bicyclic) bond motifs is 2. The predicted molar refractivity (Wildman–Crippen MR) is 86.9 cm³/mol. The SMILES string of the molecule is COc1cccc(C(=O)NN2C(=O)[C@@H]3CC[C@](C)(C2=O)C3(C)C)c1. The van der Waals surface area contributed by atoms with Crippen molar-refractivity contribution in [3.63, 3.8) is 0 Å². The number of nitrogens with zero attached hydrogens (tertiary/aromatic N) is 1. The van der Waals surface area contributed by atoms with Crippen molar-refractivity contribution in [2.75, 3.05) is 7.11 Å². The highest BCUT2D eigenvalue weighted by Crippen LogP contribution is 2.59. The van der Waals surface area contributed by atoms with Gasteiger partial charge in [-0.1, -0.05) is 26.8 Å². The zero-order chi connectivity index (χ0) is 17.7. The van der Waals surface area contributed by atoms with Crippen LogP contribution in [0.25, 0.3) is 0 Å². The van der Waals surface area contributed by atoms with Gasteiger partial charge in [-0.3, -0.25) is 19.8 Å². The van der Waals surface area contributed by atoms with Crippen LogP contribution in [0.3, 0.4) is 0 Å². The Labute approximate surface area is 141 Å². The van der Waals surface area contributed by atoms with E-state index >= 15 is 0 Å². The van der Waals surface area contributed by atoms with Crippen molar-refractivity contribution in [3.05, 3.63) is 29.8 Å². The number of rotatable bonds is 3. The molecule has 24 heavy (non-hydrogen) atoms. The summed E-state index contributed by atoms with van der Waals surface area (Å²) < 4.78 is 5.10. The van der Waals surface area contributed by atoms with Crippen LogP contribution in [-0.4, -0.2) is 29.8 Å². The molecule has 1 N–H and O–H groups in total. The molecule has 6 nitrogen and oxygen atoms in total. The highest BCUT2D eigenvalue weighted by Gasteiger charge is 2.64. The number of methoxy groups -OCH3 is 1. The Kier molecular flexibility index (Phi) is 3.66. The average Bonchev–Trinajstić information content (AvgIpc) is 2.76. The Balaban J connectivity index is 1.87. The first kappa shape index (κ1) is 16.5. The van der Waals surface area contributed by atoms with E-state index in [0.29, 0.717) is 24.2 Å². The molecule has 2 bridgehead atoms. The molecule has 1 saturated heterocycles. The van der Waals surface area contributed by atoms with Gasteiger partial charge in [-0.25, -0.2) is 0 Å². The second-order valence-electron chi connectivity index (χ2n) is 7.30. The minimum Gasteiger partial charge on any atom is -0.497 e. The van der Waals surface area contributed by atoms with Crippen molar-refractivity contribution >= 4 is 17.7 Å². The number of nitrogens with one attached hydrogen (secondary N) is 1. The van der Waals surface area contributed by atoms with Gasteiger partial charge in [-0.15, -0.1) is 0 Å². The topological polar surface area (TPSA) is 75.7 Å². The molecule has 1 aliphatic carbocycles. The fourth-order valence-electron chi connectivity index (χ4n) is 3.85. The van der Waals surface area contributed by atoms with Gasteiger partial charge in [-0.05, 0) is 36.5 Å². The molecule has 3 amide bonds. The van der Waals surface area contributed by atoms with E-state index in [1.807, 2.05) is 20.8 Å². The maximum absolute atomic E-state index is 12.9. The molecule has 1 aliphatic heterocycles. The molecule has 2 aliphatic rings. The molecule has 0 radical (unpaired) electrons. The van der Waals surface area contributed by atoms with Gasteiger partial charge in [0.05, 0.1) is 12.5 Å². The molecule has 0 aromatic heterocycles. The van der Waals surface area contributed by atoms with Crippen molar-refractivity contribution in [2.24, 2.45) is 16.7 Å². The molecular formula is C18H22N2O4. The summed E-state index contributed by atoms with van der Waals surface area (Å²) in [7, 11) is 1.51. The Hall–Kier alpha value is -2.37. The molecule has 1 aromatic rings. The number of imide groups is 1. The lowest BCUT2D eigenvalue weighted by Gasteiger charge is -2.47. The first-order chi connectivity index (χ1) is 11.2. The van der Waals surface area contributed by atoms with Crippen LogP contribution in [0, 0.1) is 16.7 Å².